The van der Waals surface area contributed by atoms with E-state index in [-0.39, 0.29) is 17.6 Å². The van der Waals surface area contributed by atoms with Crippen molar-refractivity contribution in [2.24, 2.45) is 11.8 Å². The molecule has 0 bridgehead atoms. The zero-order valence-electron chi connectivity index (χ0n) is 17.5. The highest BCUT2D eigenvalue weighted by Gasteiger charge is 2.33. The third kappa shape index (κ3) is 5.72. The first-order chi connectivity index (χ1) is 15.7. The van der Waals surface area contributed by atoms with Gasteiger partial charge >= 0.3 is 5.97 Å². The molecule has 0 saturated heterocycles. The number of nitrogens with zero attached hydrogens (tertiary/aromatic N) is 4. The van der Waals surface area contributed by atoms with Gasteiger partial charge in [-0.25, -0.2) is 9.97 Å². The Morgan fingerprint density at radius 3 is 2.06 bits per heavy atom. The van der Waals surface area contributed by atoms with Gasteiger partial charge < -0.3 is 21.0 Å². The van der Waals surface area contributed by atoms with Gasteiger partial charge in [0.05, 0.1) is 12.1 Å². The van der Waals surface area contributed by atoms with Crippen molar-refractivity contribution in [1.29, 1.82) is 0 Å². The monoisotopic (exact) mass is 576 g/mol. The van der Waals surface area contributed by atoms with Crippen molar-refractivity contribution < 1.29 is 14.7 Å². The highest BCUT2D eigenvalue weighted by atomic mass is 79.9. The van der Waals surface area contributed by atoms with Crippen LogP contribution in [-0.2, 0) is 4.79 Å². The van der Waals surface area contributed by atoms with Crippen molar-refractivity contribution in [3.8, 4) is 0 Å². The van der Waals surface area contributed by atoms with Crippen LogP contribution in [0.1, 0.15) is 36.2 Å². The van der Waals surface area contributed by atoms with Gasteiger partial charge in [-0.2, -0.15) is 0 Å². The molecule has 0 spiro atoms. The van der Waals surface area contributed by atoms with Gasteiger partial charge in [-0.15, -0.1) is 0 Å². The molecule has 0 unspecified atom stereocenters. The molecule has 4 aromatic rings. The molecule has 0 aromatic carbocycles. The van der Waals surface area contributed by atoms with Crippen molar-refractivity contribution >= 4 is 66.5 Å². The lowest BCUT2D eigenvalue weighted by Gasteiger charge is -2.00. The normalized spacial score (nSPS) is 14.8. The first-order valence-electron chi connectivity index (χ1n) is 10.3. The summed E-state index contributed by atoms with van der Waals surface area (Å²) >= 11 is 6.73. The van der Waals surface area contributed by atoms with E-state index in [1.807, 2.05) is 41.1 Å². The number of carbonyl (C=O) groups excluding carboxylic acids is 1. The Morgan fingerprint density at radius 1 is 0.879 bits per heavy atom. The quantitative estimate of drug-likeness (QED) is 0.306. The average Bonchev–Trinajstić information content (AvgIpc) is 3.66. The van der Waals surface area contributed by atoms with Gasteiger partial charge in [-0.05, 0) is 81.8 Å². The molecule has 2 fully saturated rings. The minimum absolute atomic E-state index is 0.0185. The minimum atomic E-state index is -0.630. The predicted octanol–water partition coefficient (Wildman–Crippen LogP) is 4.43. The number of ketones is 1. The van der Waals surface area contributed by atoms with E-state index in [9.17, 15) is 9.59 Å². The molecule has 9 nitrogen and oxygen atoms in total. The summed E-state index contributed by atoms with van der Waals surface area (Å²) in [6.45, 7) is 0. The molecule has 0 aliphatic heterocycles. The minimum Gasteiger partial charge on any atom is -0.481 e. The van der Waals surface area contributed by atoms with Crippen molar-refractivity contribution in [1.82, 2.24) is 18.8 Å². The summed E-state index contributed by atoms with van der Waals surface area (Å²) in [7, 11) is 0. The molecule has 6 rings (SSSR count). The summed E-state index contributed by atoms with van der Waals surface area (Å²) in [6.07, 6.45) is 9.26. The lowest BCUT2D eigenvalue weighted by atomic mass is 10.2. The summed E-state index contributed by atoms with van der Waals surface area (Å²) in [5.41, 5.74) is 13.4. The fourth-order valence-corrected chi connectivity index (χ4v) is 3.83. The third-order valence-corrected chi connectivity index (χ3v) is 6.09. The zero-order chi connectivity index (χ0) is 23.7. The highest BCUT2D eigenvalue weighted by Crippen LogP contribution is 2.34. The molecule has 4 aromatic heterocycles. The Kier molecular flexibility index (Phi) is 6.71. The van der Waals surface area contributed by atoms with E-state index in [2.05, 4.69) is 41.8 Å². The third-order valence-electron chi connectivity index (χ3n) is 5.15. The molecule has 11 heteroatoms. The van der Waals surface area contributed by atoms with Crippen LogP contribution in [0.2, 0.25) is 0 Å². The standard InChI is InChI=1S/C11H10BrN3O.C7H6BrN3.C4H6O2/c12-7-3-4-8-14-11(13)9(15(8)5-7)10(16)6-1-2-6;8-5-1-2-7-10-6(9)4-11(7)3-5;5-4(6)3-1-2-3/h3-6H,1-2,13H2;1-4H,9H2;3H,1-2H2,(H,5,6). The summed E-state index contributed by atoms with van der Waals surface area (Å²) in [6, 6.07) is 7.56. The number of carboxylic acid groups (broad SMARTS) is 1. The Balaban J connectivity index is 0.000000132. The van der Waals surface area contributed by atoms with Crippen LogP contribution in [0.3, 0.4) is 0 Å². The van der Waals surface area contributed by atoms with Gasteiger partial charge in [0.15, 0.2) is 11.6 Å². The number of anilines is 2. The van der Waals surface area contributed by atoms with Crippen molar-refractivity contribution in [2.75, 3.05) is 11.5 Å². The van der Waals surface area contributed by atoms with Gasteiger partial charge in [-0.1, -0.05) is 0 Å². The van der Waals surface area contributed by atoms with Crippen LogP contribution in [0.15, 0.2) is 51.8 Å². The van der Waals surface area contributed by atoms with Crippen molar-refractivity contribution in [3.63, 3.8) is 0 Å². The lowest BCUT2D eigenvalue weighted by Crippen LogP contribution is -2.08. The molecule has 33 heavy (non-hydrogen) atoms. The molecule has 0 amide bonds. The SMILES string of the molecule is Nc1cn2cc(Br)ccc2n1.Nc1nc2ccc(Br)cn2c1C(=O)C1CC1.O=C(O)C1CC1. The van der Waals surface area contributed by atoms with E-state index in [0.29, 0.717) is 23.0 Å². The number of hydrogen-bond donors (Lipinski definition) is 3. The number of imidazole rings is 2. The molecule has 0 radical (unpaired) electrons. The zero-order valence-corrected chi connectivity index (χ0v) is 20.7. The number of rotatable bonds is 3. The van der Waals surface area contributed by atoms with Crippen molar-refractivity contribution in [3.05, 3.63) is 57.5 Å². The number of aliphatic carboxylic acids is 1. The van der Waals surface area contributed by atoms with Gasteiger partial charge in [0, 0.05) is 27.3 Å². The molecule has 2 aliphatic rings. The van der Waals surface area contributed by atoms with Crippen LogP contribution in [0.4, 0.5) is 11.6 Å². The second-order valence-electron chi connectivity index (χ2n) is 7.95. The van der Waals surface area contributed by atoms with Crippen LogP contribution in [0.5, 0.6) is 0 Å². The second-order valence-corrected chi connectivity index (χ2v) is 9.78. The van der Waals surface area contributed by atoms with Gasteiger partial charge in [0.2, 0.25) is 0 Å². The van der Waals surface area contributed by atoms with E-state index in [1.165, 1.54) is 0 Å². The molecule has 5 N–H and O–H groups in total. The Bertz CT molecular complexity index is 1340. The first-order valence-corrected chi connectivity index (χ1v) is 11.9. The molecule has 2 saturated carbocycles. The van der Waals surface area contributed by atoms with Crippen molar-refractivity contribution in [2.45, 2.75) is 25.7 Å². The smallest absolute Gasteiger partial charge is 0.306 e. The number of Topliss-reactive ketones (excluding diaryl/α,β-unsaturated/α-hetero) is 1. The fourth-order valence-electron chi connectivity index (χ4n) is 3.14. The maximum Gasteiger partial charge on any atom is 0.306 e. The maximum absolute atomic E-state index is 12.1. The van der Waals surface area contributed by atoms with Crippen LogP contribution < -0.4 is 11.5 Å². The molecule has 2 aliphatic carbocycles. The molecule has 172 valence electrons. The number of fused-ring (bicyclic) bond motifs is 2. The number of aromatic nitrogens is 4. The lowest BCUT2D eigenvalue weighted by molar-refractivity contribution is -0.138. The largest absolute Gasteiger partial charge is 0.481 e. The number of carbonyl (C=O) groups is 2. The van der Waals surface area contributed by atoms with Crippen LogP contribution >= 0.6 is 31.9 Å². The number of nitrogens with two attached hydrogens (primary N) is 2. The average molecular weight is 578 g/mol. The van der Waals surface area contributed by atoms with Gasteiger partial charge in [-0.3, -0.25) is 14.0 Å². The molecule has 4 heterocycles. The predicted molar refractivity (Wildman–Crippen MR) is 132 cm³/mol. The van der Waals surface area contributed by atoms with E-state index in [0.717, 1.165) is 40.3 Å². The number of hydrogen-bond acceptors (Lipinski definition) is 6. The Labute approximate surface area is 206 Å². The fraction of sp³-hybridized carbons (Fsp3) is 0.273. The highest BCUT2D eigenvalue weighted by molar-refractivity contribution is 9.10. The van der Waals surface area contributed by atoms with E-state index in [1.54, 1.807) is 10.6 Å². The molecule has 0 atom stereocenters. The van der Waals surface area contributed by atoms with E-state index in [4.69, 9.17) is 16.6 Å². The maximum atomic E-state index is 12.1. The summed E-state index contributed by atoms with van der Waals surface area (Å²) in [4.78, 5) is 30.1. The van der Waals surface area contributed by atoms with Crippen LogP contribution in [0.25, 0.3) is 11.3 Å². The first kappa shape index (κ1) is 23.2. The topological polar surface area (TPSA) is 141 Å². The van der Waals surface area contributed by atoms with Crippen LogP contribution in [0, 0.1) is 11.8 Å². The molecular weight excluding hydrogens is 556 g/mol. The summed E-state index contributed by atoms with van der Waals surface area (Å²) in [5.74, 6) is 0.530. The van der Waals surface area contributed by atoms with E-state index >= 15 is 0 Å². The molecular formula is C22H22Br2N6O3. The number of carboxylic acids is 1. The number of pyridine rings is 2. The Morgan fingerprint density at radius 2 is 1.48 bits per heavy atom. The van der Waals surface area contributed by atoms with Crippen LogP contribution in [-0.4, -0.2) is 35.6 Å². The Hall–Kier alpha value is -2.92. The number of halogens is 2. The van der Waals surface area contributed by atoms with E-state index < -0.39 is 5.97 Å². The summed E-state index contributed by atoms with van der Waals surface area (Å²) < 4.78 is 5.56. The number of nitrogen functional groups attached to an aromatic ring is 2. The van der Waals surface area contributed by atoms with Gasteiger partial charge in [0.1, 0.15) is 22.8 Å². The second kappa shape index (κ2) is 9.52. The van der Waals surface area contributed by atoms with Gasteiger partial charge in [0.25, 0.3) is 0 Å². The summed E-state index contributed by atoms with van der Waals surface area (Å²) in [5, 5.41) is 8.05.